The SMILES string of the molecule is Cc1ccc(N2CC(=O)N(Cc3ccc(F)cc3)C(C3CC(O)C3)C2=O)c(F)c1. The van der Waals surface area contributed by atoms with Crippen molar-refractivity contribution < 1.29 is 23.5 Å². The molecule has 2 amide bonds. The molecule has 1 saturated heterocycles. The summed E-state index contributed by atoms with van der Waals surface area (Å²) in [5.41, 5.74) is 1.51. The van der Waals surface area contributed by atoms with Crippen molar-refractivity contribution in [1.82, 2.24) is 4.90 Å². The van der Waals surface area contributed by atoms with Crippen LogP contribution in [0.25, 0.3) is 0 Å². The predicted molar refractivity (Wildman–Crippen MR) is 103 cm³/mol. The molecule has 0 bridgehead atoms. The summed E-state index contributed by atoms with van der Waals surface area (Å²) in [6.07, 6.45) is 0.323. The van der Waals surface area contributed by atoms with Crippen LogP contribution >= 0.6 is 0 Å². The number of aliphatic hydroxyl groups excluding tert-OH is 1. The average Bonchev–Trinajstić information content (AvgIpc) is 2.65. The van der Waals surface area contributed by atoms with Gasteiger partial charge >= 0.3 is 0 Å². The number of hydrogen-bond acceptors (Lipinski definition) is 3. The molecule has 5 nitrogen and oxygen atoms in total. The summed E-state index contributed by atoms with van der Waals surface area (Å²) >= 11 is 0. The lowest BCUT2D eigenvalue weighted by Gasteiger charge is -2.47. The zero-order valence-corrected chi connectivity index (χ0v) is 16.0. The van der Waals surface area contributed by atoms with Crippen LogP contribution in [-0.4, -0.2) is 40.5 Å². The van der Waals surface area contributed by atoms with Gasteiger partial charge in [0.1, 0.15) is 24.2 Å². The molecule has 0 spiro atoms. The van der Waals surface area contributed by atoms with Gasteiger partial charge in [-0.15, -0.1) is 0 Å². The maximum Gasteiger partial charge on any atom is 0.250 e. The number of aryl methyl sites for hydroxylation is 1. The van der Waals surface area contributed by atoms with Crippen LogP contribution in [0.4, 0.5) is 14.5 Å². The maximum absolute atomic E-state index is 14.5. The second-order valence-electron chi connectivity index (χ2n) is 7.86. The molecule has 7 heteroatoms. The zero-order chi connectivity index (χ0) is 20.7. The van der Waals surface area contributed by atoms with E-state index >= 15 is 0 Å². The lowest BCUT2D eigenvalue weighted by molar-refractivity contribution is -0.149. The van der Waals surface area contributed by atoms with E-state index in [4.69, 9.17) is 0 Å². The minimum Gasteiger partial charge on any atom is -0.393 e. The van der Waals surface area contributed by atoms with Crippen molar-refractivity contribution >= 4 is 17.5 Å². The molecule has 1 atom stereocenters. The van der Waals surface area contributed by atoms with Crippen molar-refractivity contribution in [3.8, 4) is 0 Å². The van der Waals surface area contributed by atoms with Crippen LogP contribution < -0.4 is 4.90 Å². The van der Waals surface area contributed by atoms with Crippen molar-refractivity contribution in [2.75, 3.05) is 11.4 Å². The minimum absolute atomic E-state index is 0.0836. The van der Waals surface area contributed by atoms with Crippen molar-refractivity contribution in [3.63, 3.8) is 0 Å². The van der Waals surface area contributed by atoms with E-state index in [1.807, 2.05) is 0 Å². The summed E-state index contributed by atoms with van der Waals surface area (Å²) in [6, 6.07) is 9.52. The van der Waals surface area contributed by atoms with Gasteiger partial charge in [0.15, 0.2) is 0 Å². The highest BCUT2D eigenvalue weighted by atomic mass is 19.1. The Morgan fingerprint density at radius 1 is 1.07 bits per heavy atom. The van der Waals surface area contributed by atoms with Gasteiger partial charge < -0.3 is 10.0 Å². The van der Waals surface area contributed by atoms with Crippen LogP contribution in [0.2, 0.25) is 0 Å². The Bertz CT molecular complexity index is 942. The zero-order valence-electron chi connectivity index (χ0n) is 16.0. The molecule has 29 heavy (non-hydrogen) atoms. The lowest BCUT2D eigenvalue weighted by atomic mass is 9.75. The number of rotatable bonds is 4. The van der Waals surface area contributed by atoms with E-state index in [-0.39, 0.29) is 42.3 Å². The van der Waals surface area contributed by atoms with Crippen molar-refractivity contribution in [2.24, 2.45) is 5.92 Å². The number of amides is 2. The monoisotopic (exact) mass is 400 g/mol. The van der Waals surface area contributed by atoms with E-state index in [1.165, 1.54) is 34.1 Å². The smallest absolute Gasteiger partial charge is 0.250 e. The molecule has 2 fully saturated rings. The van der Waals surface area contributed by atoms with Crippen LogP contribution in [0.15, 0.2) is 42.5 Å². The third-order valence-electron chi connectivity index (χ3n) is 5.72. The largest absolute Gasteiger partial charge is 0.393 e. The van der Waals surface area contributed by atoms with Crippen LogP contribution in [0, 0.1) is 24.5 Å². The number of benzene rings is 2. The summed E-state index contributed by atoms with van der Waals surface area (Å²) in [6.45, 7) is 1.65. The van der Waals surface area contributed by atoms with Gasteiger partial charge in [-0.25, -0.2) is 8.78 Å². The van der Waals surface area contributed by atoms with Gasteiger partial charge in [-0.05, 0) is 61.1 Å². The Balaban J connectivity index is 1.65. The second kappa shape index (κ2) is 7.55. The molecular weight excluding hydrogens is 378 g/mol. The second-order valence-corrected chi connectivity index (χ2v) is 7.86. The number of halogens is 2. The van der Waals surface area contributed by atoms with E-state index in [0.29, 0.717) is 18.4 Å². The maximum atomic E-state index is 14.5. The molecule has 4 rings (SSSR count). The molecule has 2 aromatic carbocycles. The summed E-state index contributed by atoms with van der Waals surface area (Å²) in [7, 11) is 0. The number of carbonyl (C=O) groups excluding carboxylic acids is 2. The van der Waals surface area contributed by atoms with Crippen LogP contribution in [0.5, 0.6) is 0 Å². The highest BCUT2D eigenvalue weighted by Gasteiger charge is 2.48. The van der Waals surface area contributed by atoms with Gasteiger partial charge in [0, 0.05) is 6.54 Å². The number of carbonyl (C=O) groups is 2. The highest BCUT2D eigenvalue weighted by molar-refractivity contribution is 6.06. The van der Waals surface area contributed by atoms with Gasteiger partial charge in [0.05, 0.1) is 11.8 Å². The van der Waals surface area contributed by atoms with E-state index in [9.17, 15) is 23.5 Å². The number of aliphatic hydroxyl groups is 1. The normalized spacial score (nSPS) is 24.6. The van der Waals surface area contributed by atoms with E-state index in [1.54, 1.807) is 25.1 Å². The van der Waals surface area contributed by atoms with Gasteiger partial charge in [-0.1, -0.05) is 18.2 Å². The average molecular weight is 400 g/mol. The first-order valence-electron chi connectivity index (χ1n) is 9.63. The molecular formula is C22H22F2N2O3. The fourth-order valence-corrected chi connectivity index (χ4v) is 4.10. The summed E-state index contributed by atoms with van der Waals surface area (Å²) < 4.78 is 27.7. The number of nitrogens with zero attached hydrogens (tertiary/aromatic N) is 2. The van der Waals surface area contributed by atoms with Crippen molar-refractivity contribution in [2.45, 2.75) is 38.5 Å². The standard InChI is InChI=1S/C22H22F2N2O3/c1-13-2-7-19(18(24)8-13)25-12-20(28)26(11-14-3-5-16(23)6-4-14)21(22(25)29)15-9-17(27)10-15/h2-8,15,17,21,27H,9-12H2,1H3. The third-order valence-corrected chi connectivity index (χ3v) is 5.72. The van der Waals surface area contributed by atoms with Gasteiger partial charge in [0.2, 0.25) is 5.91 Å². The minimum atomic E-state index is -0.787. The van der Waals surface area contributed by atoms with Crippen molar-refractivity contribution in [1.29, 1.82) is 0 Å². The molecule has 0 aromatic heterocycles. The Kier molecular flexibility index (Phi) is 5.08. The highest BCUT2D eigenvalue weighted by Crippen LogP contribution is 2.37. The molecule has 1 N–H and O–H groups in total. The lowest BCUT2D eigenvalue weighted by Crippen LogP contribution is -2.64. The van der Waals surface area contributed by atoms with E-state index in [0.717, 1.165) is 5.56 Å². The molecule has 2 aliphatic rings. The molecule has 1 unspecified atom stereocenters. The fraction of sp³-hybridized carbons (Fsp3) is 0.364. The molecule has 152 valence electrons. The Morgan fingerprint density at radius 2 is 1.76 bits per heavy atom. The molecule has 1 saturated carbocycles. The molecule has 1 heterocycles. The Morgan fingerprint density at radius 3 is 2.38 bits per heavy atom. The molecule has 0 radical (unpaired) electrons. The van der Waals surface area contributed by atoms with E-state index < -0.39 is 18.0 Å². The molecule has 1 aliphatic heterocycles. The first-order chi connectivity index (χ1) is 13.8. The third kappa shape index (κ3) is 3.74. The van der Waals surface area contributed by atoms with Gasteiger partial charge in [-0.2, -0.15) is 0 Å². The van der Waals surface area contributed by atoms with E-state index in [2.05, 4.69) is 0 Å². The van der Waals surface area contributed by atoms with Crippen molar-refractivity contribution in [3.05, 3.63) is 65.2 Å². The predicted octanol–water partition coefficient (Wildman–Crippen LogP) is 2.79. The number of anilines is 1. The van der Waals surface area contributed by atoms with Crippen LogP contribution in [-0.2, 0) is 16.1 Å². The first kappa shape index (κ1) is 19.5. The van der Waals surface area contributed by atoms with Gasteiger partial charge in [-0.3, -0.25) is 14.5 Å². The fourth-order valence-electron chi connectivity index (χ4n) is 4.10. The molecule has 2 aromatic rings. The first-order valence-corrected chi connectivity index (χ1v) is 9.63. The Labute approximate surface area is 167 Å². The number of piperazine rings is 1. The topological polar surface area (TPSA) is 60.9 Å². The number of hydrogen-bond donors (Lipinski definition) is 1. The summed E-state index contributed by atoms with van der Waals surface area (Å²) in [4.78, 5) is 29.0. The van der Waals surface area contributed by atoms with Crippen LogP contribution in [0.1, 0.15) is 24.0 Å². The summed E-state index contributed by atoms with van der Waals surface area (Å²) in [5.74, 6) is -1.79. The van der Waals surface area contributed by atoms with Crippen LogP contribution in [0.3, 0.4) is 0 Å². The quantitative estimate of drug-likeness (QED) is 0.859. The Hall–Kier alpha value is -2.80. The molecule has 1 aliphatic carbocycles. The summed E-state index contributed by atoms with van der Waals surface area (Å²) in [5, 5.41) is 9.74. The van der Waals surface area contributed by atoms with Gasteiger partial charge in [0.25, 0.3) is 5.91 Å².